The van der Waals surface area contributed by atoms with Crippen molar-refractivity contribution < 1.29 is 9.63 Å². The number of aliphatic hydroxyl groups is 1. The fourth-order valence-corrected chi connectivity index (χ4v) is 1.86. The molecule has 0 radical (unpaired) electrons. The van der Waals surface area contributed by atoms with Crippen molar-refractivity contribution in [2.75, 3.05) is 0 Å². The zero-order valence-electron chi connectivity index (χ0n) is 8.15. The van der Waals surface area contributed by atoms with Crippen LogP contribution in [-0.4, -0.2) is 22.4 Å². The van der Waals surface area contributed by atoms with Crippen LogP contribution in [0, 0.1) is 0 Å². The van der Waals surface area contributed by atoms with Gasteiger partial charge in [0.2, 0.25) is 0 Å². The molecule has 1 aliphatic carbocycles. The maximum absolute atomic E-state index is 9.32. The summed E-state index contributed by atoms with van der Waals surface area (Å²) in [6.07, 6.45) is 5.49. The average molecular weight is 196 g/mol. The SMILES string of the molecule is OC1CCC(NCc2ccno2)CC1. The fourth-order valence-electron chi connectivity index (χ4n) is 1.86. The van der Waals surface area contributed by atoms with Crippen LogP contribution in [0.15, 0.2) is 16.8 Å². The third-order valence-electron chi connectivity index (χ3n) is 2.75. The maximum Gasteiger partial charge on any atom is 0.150 e. The molecule has 1 aliphatic rings. The lowest BCUT2D eigenvalue weighted by molar-refractivity contribution is 0.116. The molecule has 1 aromatic rings. The molecule has 1 saturated carbocycles. The van der Waals surface area contributed by atoms with E-state index in [0.717, 1.165) is 38.0 Å². The number of rotatable bonds is 3. The van der Waals surface area contributed by atoms with E-state index in [2.05, 4.69) is 10.5 Å². The number of nitrogens with one attached hydrogen (secondary N) is 1. The van der Waals surface area contributed by atoms with Gasteiger partial charge >= 0.3 is 0 Å². The molecule has 1 fully saturated rings. The van der Waals surface area contributed by atoms with Crippen molar-refractivity contribution >= 4 is 0 Å². The van der Waals surface area contributed by atoms with E-state index in [9.17, 15) is 5.11 Å². The van der Waals surface area contributed by atoms with Gasteiger partial charge in [-0.25, -0.2) is 0 Å². The van der Waals surface area contributed by atoms with E-state index >= 15 is 0 Å². The molecule has 0 aliphatic heterocycles. The highest BCUT2D eigenvalue weighted by atomic mass is 16.5. The van der Waals surface area contributed by atoms with E-state index in [1.54, 1.807) is 6.20 Å². The van der Waals surface area contributed by atoms with E-state index in [4.69, 9.17) is 4.52 Å². The van der Waals surface area contributed by atoms with Gasteiger partial charge < -0.3 is 14.9 Å². The molecule has 1 aromatic heterocycles. The molecule has 1 heterocycles. The molecule has 2 rings (SSSR count). The van der Waals surface area contributed by atoms with Crippen LogP contribution >= 0.6 is 0 Å². The van der Waals surface area contributed by atoms with Crippen LogP contribution in [0.2, 0.25) is 0 Å². The minimum Gasteiger partial charge on any atom is -0.393 e. The van der Waals surface area contributed by atoms with Crippen LogP contribution in [0.1, 0.15) is 31.4 Å². The Morgan fingerprint density at radius 3 is 2.86 bits per heavy atom. The van der Waals surface area contributed by atoms with Crippen molar-refractivity contribution in [3.63, 3.8) is 0 Å². The van der Waals surface area contributed by atoms with Crippen molar-refractivity contribution in [3.8, 4) is 0 Å². The molecule has 4 nitrogen and oxygen atoms in total. The molecule has 0 unspecified atom stereocenters. The van der Waals surface area contributed by atoms with E-state index in [1.165, 1.54) is 0 Å². The second-order valence-corrected chi connectivity index (χ2v) is 3.87. The molecular formula is C10H16N2O2. The number of hydrogen-bond donors (Lipinski definition) is 2. The van der Waals surface area contributed by atoms with Crippen molar-refractivity contribution in [2.24, 2.45) is 0 Å². The summed E-state index contributed by atoms with van der Waals surface area (Å²) in [4.78, 5) is 0. The van der Waals surface area contributed by atoms with Gasteiger partial charge in [-0.05, 0) is 25.7 Å². The maximum atomic E-state index is 9.32. The van der Waals surface area contributed by atoms with Gasteiger partial charge in [0.05, 0.1) is 18.8 Å². The monoisotopic (exact) mass is 196 g/mol. The summed E-state index contributed by atoms with van der Waals surface area (Å²) in [6, 6.07) is 2.38. The lowest BCUT2D eigenvalue weighted by atomic mass is 9.93. The molecule has 14 heavy (non-hydrogen) atoms. The normalized spacial score (nSPS) is 27.8. The van der Waals surface area contributed by atoms with Crippen LogP contribution in [0.5, 0.6) is 0 Å². The van der Waals surface area contributed by atoms with Gasteiger partial charge in [-0.15, -0.1) is 0 Å². The Morgan fingerprint density at radius 2 is 2.21 bits per heavy atom. The summed E-state index contributed by atoms with van der Waals surface area (Å²) in [5.41, 5.74) is 0. The summed E-state index contributed by atoms with van der Waals surface area (Å²) >= 11 is 0. The van der Waals surface area contributed by atoms with Crippen LogP contribution in [0.25, 0.3) is 0 Å². The third-order valence-corrected chi connectivity index (χ3v) is 2.75. The lowest BCUT2D eigenvalue weighted by Crippen LogP contribution is -2.34. The predicted molar refractivity (Wildman–Crippen MR) is 51.6 cm³/mol. The Bertz CT molecular complexity index is 253. The Hall–Kier alpha value is -0.870. The van der Waals surface area contributed by atoms with Crippen LogP contribution < -0.4 is 5.32 Å². The van der Waals surface area contributed by atoms with Gasteiger partial charge in [0, 0.05) is 12.1 Å². The highest BCUT2D eigenvalue weighted by Gasteiger charge is 2.18. The van der Waals surface area contributed by atoms with Gasteiger partial charge in [-0.2, -0.15) is 0 Å². The summed E-state index contributed by atoms with van der Waals surface area (Å²) in [5, 5.41) is 16.4. The van der Waals surface area contributed by atoms with E-state index in [0.29, 0.717) is 6.04 Å². The van der Waals surface area contributed by atoms with E-state index in [-0.39, 0.29) is 6.10 Å². The Morgan fingerprint density at radius 1 is 1.43 bits per heavy atom. The molecular weight excluding hydrogens is 180 g/mol. The minimum absolute atomic E-state index is 0.0849. The quantitative estimate of drug-likeness (QED) is 0.759. The highest BCUT2D eigenvalue weighted by Crippen LogP contribution is 2.18. The number of aliphatic hydroxyl groups excluding tert-OH is 1. The van der Waals surface area contributed by atoms with Gasteiger partial charge in [-0.1, -0.05) is 5.16 Å². The highest BCUT2D eigenvalue weighted by molar-refractivity contribution is 4.92. The van der Waals surface area contributed by atoms with Gasteiger partial charge in [0.1, 0.15) is 5.76 Å². The van der Waals surface area contributed by atoms with Crippen molar-refractivity contribution in [3.05, 3.63) is 18.0 Å². The predicted octanol–water partition coefficient (Wildman–Crippen LogP) is 1.07. The third kappa shape index (κ3) is 2.56. The lowest BCUT2D eigenvalue weighted by Gasteiger charge is -2.25. The largest absolute Gasteiger partial charge is 0.393 e. The van der Waals surface area contributed by atoms with Crippen molar-refractivity contribution in [1.82, 2.24) is 10.5 Å². The average Bonchev–Trinajstić information content (AvgIpc) is 2.70. The Labute approximate surface area is 83.3 Å². The smallest absolute Gasteiger partial charge is 0.150 e. The topological polar surface area (TPSA) is 58.3 Å². The van der Waals surface area contributed by atoms with E-state index in [1.807, 2.05) is 6.07 Å². The zero-order chi connectivity index (χ0) is 9.80. The number of aromatic nitrogens is 1. The molecule has 78 valence electrons. The van der Waals surface area contributed by atoms with Crippen LogP contribution in [0.4, 0.5) is 0 Å². The van der Waals surface area contributed by atoms with Crippen LogP contribution in [0.3, 0.4) is 0 Å². The first-order valence-corrected chi connectivity index (χ1v) is 5.15. The Balaban J connectivity index is 1.71. The summed E-state index contributed by atoms with van der Waals surface area (Å²) in [6.45, 7) is 0.737. The van der Waals surface area contributed by atoms with Gasteiger partial charge in [0.25, 0.3) is 0 Å². The van der Waals surface area contributed by atoms with Gasteiger partial charge in [-0.3, -0.25) is 0 Å². The molecule has 4 heteroatoms. The summed E-state index contributed by atoms with van der Waals surface area (Å²) in [7, 11) is 0. The standard InChI is InChI=1S/C10H16N2O2/c13-9-3-1-8(2-4-9)11-7-10-5-6-12-14-10/h5-6,8-9,11,13H,1-4,7H2. The first-order chi connectivity index (χ1) is 6.84. The summed E-state index contributed by atoms with van der Waals surface area (Å²) < 4.78 is 4.98. The first kappa shape index (κ1) is 9.68. The molecule has 0 bridgehead atoms. The second kappa shape index (κ2) is 4.57. The van der Waals surface area contributed by atoms with Crippen molar-refractivity contribution in [1.29, 1.82) is 0 Å². The zero-order valence-corrected chi connectivity index (χ0v) is 8.15. The number of hydrogen-bond acceptors (Lipinski definition) is 4. The molecule has 0 atom stereocenters. The second-order valence-electron chi connectivity index (χ2n) is 3.87. The van der Waals surface area contributed by atoms with Crippen LogP contribution in [-0.2, 0) is 6.54 Å². The molecule has 0 spiro atoms. The molecule has 0 amide bonds. The fraction of sp³-hybridized carbons (Fsp3) is 0.700. The first-order valence-electron chi connectivity index (χ1n) is 5.15. The van der Waals surface area contributed by atoms with E-state index < -0.39 is 0 Å². The molecule has 0 saturated heterocycles. The Kier molecular flexibility index (Phi) is 3.16. The molecule has 2 N–H and O–H groups in total. The summed E-state index contributed by atoms with van der Waals surface area (Å²) in [5.74, 6) is 0.871. The minimum atomic E-state index is -0.0849. The van der Waals surface area contributed by atoms with Gasteiger partial charge in [0.15, 0.2) is 0 Å². The van der Waals surface area contributed by atoms with Crippen molar-refractivity contribution in [2.45, 2.75) is 44.4 Å². The molecule has 0 aromatic carbocycles. The number of nitrogens with zero attached hydrogens (tertiary/aromatic N) is 1.